The molecule has 1 heterocycles. The van der Waals surface area contributed by atoms with Crippen molar-refractivity contribution < 1.29 is 8.78 Å². The number of hydrogen-bond donors (Lipinski definition) is 0. The molecule has 0 aliphatic carbocycles. The third-order valence-corrected chi connectivity index (χ3v) is 4.62. The second-order valence-electron chi connectivity index (χ2n) is 3.16. The lowest BCUT2D eigenvalue weighted by Crippen LogP contribution is -1.96. The fourth-order valence-electron chi connectivity index (χ4n) is 1.34. The molecule has 0 radical (unpaired) electrons. The van der Waals surface area contributed by atoms with Gasteiger partial charge in [-0.15, -0.1) is 22.9 Å². The summed E-state index contributed by atoms with van der Waals surface area (Å²) in [4.78, 5) is 0.770. The van der Waals surface area contributed by atoms with Crippen LogP contribution in [0.2, 0.25) is 0 Å². The molecule has 0 N–H and O–H groups in total. The van der Waals surface area contributed by atoms with E-state index in [2.05, 4.69) is 15.9 Å². The lowest BCUT2D eigenvalue weighted by molar-refractivity contribution is 0.587. The molecule has 2 rings (SSSR count). The van der Waals surface area contributed by atoms with Gasteiger partial charge in [-0.2, -0.15) is 0 Å². The first-order valence-electron chi connectivity index (χ1n) is 4.41. The van der Waals surface area contributed by atoms with Gasteiger partial charge in [-0.05, 0) is 45.6 Å². The normalized spacial score (nSPS) is 12.8. The van der Waals surface area contributed by atoms with Gasteiger partial charge in [0.05, 0.1) is 5.38 Å². The van der Waals surface area contributed by atoms with E-state index in [0.717, 1.165) is 27.5 Å². The van der Waals surface area contributed by atoms with Crippen molar-refractivity contribution in [2.45, 2.75) is 5.38 Å². The molecule has 84 valence electrons. The molecule has 0 nitrogen and oxygen atoms in total. The third kappa shape index (κ3) is 2.29. The summed E-state index contributed by atoms with van der Waals surface area (Å²) in [7, 11) is 0. The lowest BCUT2D eigenvalue weighted by Gasteiger charge is -2.09. The number of hydrogen-bond acceptors (Lipinski definition) is 1. The minimum atomic E-state index is -0.676. The minimum Gasteiger partial charge on any atom is -0.207 e. The third-order valence-electron chi connectivity index (χ3n) is 2.11. The number of halogens is 4. The van der Waals surface area contributed by atoms with E-state index in [4.69, 9.17) is 11.6 Å². The van der Waals surface area contributed by atoms with Gasteiger partial charge >= 0.3 is 0 Å². The van der Waals surface area contributed by atoms with E-state index in [1.807, 2.05) is 11.4 Å². The Kier molecular flexibility index (Phi) is 3.62. The van der Waals surface area contributed by atoms with Crippen LogP contribution in [0.1, 0.15) is 15.8 Å². The van der Waals surface area contributed by atoms with Gasteiger partial charge in [-0.3, -0.25) is 0 Å². The monoisotopic (exact) mass is 322 g/mol. The van der Waals surface area contributed by atoms with Crippen LogP contribution in [0.5, 0.6) is 0 Å². The molecule has 0 aliphatic heterocycles. The predicted octanol–water partition coefficient (Wildman–Crippen LogP) is 5.12. The van der Waals surface area contributed by atoms with Gasteiger partial charge in [0, 0.05) is 14.9 Å². The second kappa shape index (κ2) is 4.82. The number of thiophene rings is 1. The van der Waals surface area contributed by atoms with E-state index in [9.17, 15) is 8.78 Å². The Bertz CT molecular complexity index is 512. The number of rotatable bonds is 2. The molecule has 0 aliphatic rings. The lowest BCUT2D eigenvalue weighted by atomic mass is 10.1. The molecule has 0 saturated heterocycles. The first-order chi connectivity index (χ1) is 7.59. The molecule has 0 bridgehead atoms. The highest BCUT2D eigenvalue weighted by Crippen LogP contribution is 2.38. The Hall–Kier alpha value is -0.450. The molecule has 0 amide bonds. The van der Waals surface area contributed by atoms with E-state index in [1.165, 1.54) is 11.3 Å². The van der Waals surface area contributed by atoms with Gasteiger partial charge < -0.3 is 0 Å². The molecule has 5 heteroatoms. The molecule has 1 atom stereocenters. The number of benzene rings is 1. The molecule has 16 heavy (non-hydrogen) atoms. The summed E-state index contributed by atoms with van der Waals surface area (Å²) >= 11 is 10.8. The van der Waals surface area contributed by atoms with Gasteiger partial charge in [0.15, 0.2) is 0 Å². The van der Waals surface area contributed by atoms with Crippen LogP contribution >= 0.6 is 38.9 Å². The molecule has 1 aromatic heterocycles. The summed E-state index contributed by atoms with van der Waals surface area (Å²) < 4.78 is 27.3. The van der Waals surface area contributed by atoms with Crippen molar-refractivity contribution in [1.82, 2.24) is 0 Å². The van der Waals surface area contributed by atoms with E-state index < -0.39 is 17.0 Å². The zero-order valence-corrected chi connectivity index (χ0v) is 11.0. The van der Waals surface area contributed by atoms with Crippen LogP contribution in [-0.4, -0.2) is 0 Å². The van der Waals surface area contributed by atoms with Crippen molar-refractivity contribution in [3.63, 3.8) is 0 Å². The van der Waals surface area contributed by atoms with Gasteiger partial charge in [-0.1, -0.05) is 0 Å². The SMILES string of the molecule is Fc1ccc(F)c(C(Cl)c2sccc2Br)c1. The largest absolute Gasteiger partial charge is 0.207 e. The molecule has 0 spiro atoms. The molecule has 2 aromatic rings. The highest BCUT2D eigenvalue weighted by atomic mass is 79.9. The zero-order chi connectivity index (χ0) is 11.7. The summed E-state index contributed by atoms with van der Waals surface area (Å²) in [6.07, 6.45) is 0. The standard InChI is InChI=1S/C11H6BrClF2S/c12-8-3-4-16-11(8)10(13)7-5-6(14)1-2-9(7)15/h1-5,10H. The Labute approximate surface area is 109 Å². The van der Waals surface area contributed by atoms with Crippen molar-refractivity contribution in [3.8, 4) is 0 Å². The Morgan fingerprint density at radius 2 is 2.00 bits per heavy atom. The van der Waals surface area contributed by atoms with E-state index in [1.54, 1.807) is 0 Å². The fraction of sp³-hybridized carbons (Fsp3) is 0.0909. The van der Waals surface area contributed by atoms with Crippen molar-refractivity contribution in [2.24, 2.45) is 0 Å². The summed E-state index contributed by atoms with van der Waals surface area (Å²) in [6, 6.07) is 5.11. The maximum Gasteiger partial charge on any atom is 0.128 e. The van der Waals surface area contributed by atoms with Crippen LogP contribution in [0.4, 0.5) is 8.78 Å². The maximum atomic E-state index is 13.5. The molecule has 0 saturated carbocycles. The van der Waals surface area contributed by atoms with Crippen molar-refractivity contribution in [3.05, 3.63) is 56.2 Å². The van der Waals surface area contributed by atoms with Crippen LogP contribution in [0.15, 0.2) is 34.1 Å². The van der Waals surface area contributed by atoms with Gasteiger partial charge in [-0.25, -0.2) is 8.78 Å². The van der Waals surface area contributed by atoms with Crippen molar-refractivity contribution in [1.29, 1.82) is 0 Å². The Balaban J connectivity index is 2.45. The van der Waals surface area contributed by atoms with E-state index >= 15 is 0 Å². The van der Waals surface area contributed by atoms with Gasteiger partial charge in [0.2, 0.25) is 0 Å². The van der Waals surface area contributed by atoms with Crippen molar-refractivity contribution in [2.75, 3.05) is 0 Å². The quantitative estimate of drug-likeness (QED) is 0.673. The zero-order valence-electron chi connectivity index (χ0n) is 7.88. The topological polar surface area (TPSA) is 0 Å². The molecule has 1 unspecified atom stereocenters. The van der Waals surface area contributed by atoms with E-state index in [0.29, 0.717) is 0 Å². The fourth-order valence-corrected chi connectivity index (χ4v) is 3.50. The molecule has 1 aromatic carbocycles. The summed E-state index contributed by atoms with van der Waals surface area (Å²) in [5.74, 6) is -0.989. The van der Waals surface area contributed by atoms with Crippen LogP contribution in [-0.2, 0) is 0 Å². The molecular weight excluding hydrogens is 318 g/mol. The van der Waals surface area contributed by atoms with Crippen LogP contribution in [0.25, 0.3) is 0 Å². The highest BCUT2D eigenvalue weighted by Gasteiger charge is 2.19. The van der Waals surface area contributed by atoms with Gasteiger partial charge in [0.1, 0.15) is 11.6 Å². The minimum absolute atomic E-state index is 0.157. The number of alkyl halides is 1. The second-order valence-corrected chi connectivity index (χ2v) is 5.40. The maximum absolute atomic E-state index is 13.5. The first kappa shape index (κ1) is 12.0. The summed E-state index contributed by atoms with van der Waals surface area (Å²) in [6.45, 7) is 0. The first-order valence-corrected chi connectivity index (χ1v) is 6.52. The van der Waals surface area contributed by atoms with E-state index in [-0.39, 0.29) is 5.56 Å². The average Bonchev–Trinajstić information content (AvgIpc) is 2.67. The molecular formula is C11H6BrClF2S. The molecule has 0 fully saturated rings. The van der Waals surface area contributed by atoms with Crippen molar-refractivity contribution >= 4 is 38.9 Å². The summed E-state index contributed by atoms with van der Waals surface area (Å²) in [5, 5.41) is 1.16. The Morgan fingerprint density at radius 3 is 2.62 bits per heavy atom. The Morgan fingerprint density at radius 1 is 1.25 bits per heavy atom. The van der Waals surface area contributed by atoms with Crippen LogP contribution < -0.4 is 0 Å². The van der Waals surface area contributed by atoms with Crippen LogP contribution in [0, 0.1) is 11.6 Å². The smallest absolute Gasteiger partial charge is 0.128 e. The van der Waals surface area contributed by atoms with Crippen LogP contribution in [0.3, 0.4) is 0 Å². The predicted molar refractivity (Wildman–Crippen MR) is 66.1 cm³/mol. The van der Waals surface area contributed by atoms with Gasteiger partial charge in [0.25, 0.3) is 0 Å². The summed E-state index contributed by atoms with van der Waals surface area (Å²) in [5.41, 5.74) is 0.157. The average molecular weight is 324 g/mol. The highest BCUT2D eigenvalue weighted by molar-refractivity contribution is 9.10.